The Balaban J connectivity index is 3.05. The molecule has 2 nitrogen and oxygen atoms in total. The lowest BCUT2D eigenvalue weighted by Crippen LogP contribution is -2.33. The molecule has 0 aliphatic heterocycles. The van der Waals surface area contributed by atoms with Crippen molar-refractivity contribution < 1.29 is 4.74 Å². The molecule has 1 aromatic carbocycles. The fourth-order valence-corrected chi connectivity index (χ4v) is 1.33. The topological polar surface area (TPSA) is 35.2 Å². The van der Waals surface area contributed by atoms with Crippen LogP contribution < -0.4 is 5.73 Å². The van der Waals surface area contributed by atoms with E-state index in [1.165, 1.54) is 0 Å². The van der Waals surface area contributed by atoms with Gasteiger partial charge in [-0.1, -0.05) is 23.7 Å². The van der Waals surface area contributed by atoms with Crippen LogP contribution >= 0.6 is 11.6 Å². The van der Waals surface area contributed by atoms with Crippen LogP contribution in [0, 0.1) is 0 Å². The number of hydrogen-bond donors (Lipinski definition) is 1. The number of nitrogens with two attached hydrogens (primary N) is 1. The molecule has 1 atom stereocenters. The molecule has 0 aliphatic carbocycles. The van der Waals surface area contributed by atoms with Crippen LogP contribution in [0.1, 0.15) is 12.5 Å². The molecule has 0 saturated heterocycles. The molecule has 0 aromatic heterocycles. The minimum absolute atomic E-state index is 0.434. The van der Waals surface area contributed by atoms with Crippen LogP contribution in [-0.2, 0) is 10.3 Å². The van der Waals surface area contributed by atoms with Gasteiger partial charge in [0.2, 0.25) is 0 Å². The number of rotatable bonds is 3. The first-order valence-electron chi connectivity index (χ1n) is 4.13. The van der Waals surface area contributed by atoms with Gasteiger partial charge in [0.15, 0.2) is 0 Å². The zero-order valence-electron chi connectivity index (χ0n) is 7.88. The smallest absolute Gasteiger partial charge is 0.102 e. The van der Waals surface area contributed by atoms with Gasteiger partial charge >= 0.3 is 0 Å². The van der Waals surface area contributed by atoms with Crippen LogP contribution in [0.2, 0.25) is 5.02 Å². The van der Waals surface area contributed by atoms with E-state index >= 15 is 0 Å². The van der Waals surface area contributed by atoms with Crippen molar-refractivity contribution in [1.29, 1.82) is 0 Å². The molecular formula is C10H14ClNO. The van der Waals surface area contributed by atoms with Gasteiger partial charge in [-0.25, -0.2) is 0 Å². The summed E-state index contributed by atoms with van der Waals surface area (Å²) in [5.41, 5.74) is 6.20. The number of ether oxygens (including phenoxy) is 1. The van der Waals surface area contributed by atoms with Crippen LogP contribution in [0.3, 0.4) is 0 Å². The van der Waals surface area contributed by atoms with Crippen molar-refractivity contribution in [2.75, 3.05) is 13.7 Å². The van der Waals surface area contributed by atoms with E-state index in [2.05, 4.69) is 0 Å². The Morgan fingerprint density at radius 3 is 2.69 bits per heavy atom. The molecule has 0 amide bonds. The standard InChI is InChI=1S/C10H14ClNO/c1-10(7-12,13-2)8-4-3-5-9(11)6-8/h3-6H,7,12H2,1-2H3. The molecule has 0 saturated carbocycles. The van der Waals surface area contributed by atoms with E-state index in [1.807, 2.05) is 31.2 Å². The van der Waals surface area contributed by atoms with E-state index in [-0.39, 0.29) is 0 Å². The Labute approximate surface area is 83.6 Å². The summed E-state index contributed by atoms with van der Waals surface area (Å²) in [5, 5.41) is 0.703. The van der Waals surface area contributed by atoms with Crippen LogP contribution in [0.25, 0.3) is 0 Å². The van der Waals surface area contributed by atoms with Gasteiger partial charge in [0.25, 0.3) is 0 Å². The summed E-state index contributed by atoms with van der Waals surface area (Å²) in [6.45, 7) is 2.38. The third-order valence-corrected chi connectivity index (χ3v) is 2.51. The Morgan fingerprint density at radius 2 is 2.23 bits per heavy atom. The summed E-state index contributed by atoms with van der Waals surface area (Å²) in [5.74, 6) is 0. The zero-order chi connectivity index (χ0) is 9.90. The van der Waals surface area contributed by atoms with Gasteiger partial charge in [0.1, 0.15) is 5.60 Å². The van der Waals surface area contributed by atoms with Gasteiger partial charge in [0, 0.05) is 18.7 Å². The third-order valence-electron chi connectivity index (χ3n) is 2.28. The predicted octanol–water partition coefficient (Wildman–Crippen LogP) is 2.16. The van der Waals surface area contributed by atoms with Crippen LogP contribution in [0.15, 0.2) is 24.3 Å². The largest absolute Gasteiger partial charge is 0.372 e. The summed E-state index contributed by atoms with van der Waals surface area (Å²) in [6.07, 6.45) is 0. The molecule has 72 valence electrons. The molecule has 0 bridgehead atoms. The molecular weight excluding hydrogens is 186 g/mol. The summed E-state index contributed by atoms with van der Waals surface area (Å²) in [4.78, 5) is 0. The first kappa shape index (κ1) is 10.5. The average Bonchev–Trinajstić information content (AvgIpc) is 2.17. The summed E-state index contributed by atoms with van der Waals surface area (Å²) in [6, 6.07) is 7.56. The molecule has 0 spiro atoms. The first-order chi connectivity index (χ1) is 6.12. The van der Waals surface area contributed by atoms with Gasteiger partial charge in [-0.15, -0.1) is 0 Å². The van der Waals surface area contributed by atoms with Gasteiger partial charge in [-0.05, 0) is 24.6 Å². The Hall–Kier alpha value is -0.570. The SMILES string of the molecule is COC(C)(CN)c1cccc(Cl)c1. The highest BCUT2D eigenvalue weighted by molar-refractivity contribution is 6.30. The monoisotopic (exact) mass is 199 g/mol. The van der Waals surface area contributed by atoms with E-state index < -0.39 is 5.60 Å². The van der Waals surface area contributed by atoms with Crippen LogP contribution in [-0.4, -0.2) is 13.7 Å². The zero-order valence-corrected chi connectivity index (χ0v) is 8.64. The van der Waals surface area contributed by atoms with Gasteiger partial charge in [0.05, 0.1) is 0 Å². The van der Waals surface area contributed by atoms with Crippen molar-refractivity contribution in [1.82, 2.24) is 0 Å². The van der Waals surface area contributed by atoms with E-state index in [1.54, 1.807) is 7.11 Å². The van der Waals surface area contributed by atoms with E-state index in [0.717, 1.165) is 5.56 Å². The summed E-state index contributed by atoms with van der Waals surface area (Å²) < 4.78 is 5.34. The second kappa shape index (κ2) is 4.09. The average molecular weight is 200 g/mol. The molecule has 1 aromatic rings. The van der Waals surface area contributed by atoms with E-state index in [4.69, 9.17) is 22.1 Å². The van der Waals surface area contributed by atoms with Crippen molar-refractivity contribution in [2.45, 2.75) is 12.5 Å². The fraction of sp³-hybridized carbons (Fsp3) is 0.400. The maximum Gasteiger partial charge on any atom is 0.102 e. The van der Waals surface area contributed by atoms with Crippen molar-refractivity contribution >= 4 is 11.6 Å². The minimum atomic E-state index is -0.440. The fourth-order valence-electron chi connectivity index (χ4n) is 1.14. The minimum Gasteiger partial charge on any atom is -0.372 e. The van der Waals surface area contributed by atoms with Crippen molar-refractivity contribution in [3.8, 4) is 0 Å². The lowest BCUT2D eigenvalue weighted by molar-refractivity contribution is 0.0101. The second-order valence-electron chi connectivity index (χ2n) is 3.15. The second-order valence-corrected chi connectivity index (χ2v) is 3.59. The number of halogens is 1. The highest BCUT2D eigenvalue weighted by Gasteiger charge is 2.23. The molecule has 0 heterocycles. The van der Waals surface area contributed by atoms with Crippen molar-refractivity contribution in [2.24, 2.45) is 5.73 Å². The number of hydrogen-bond acceptors (Lipinski definition) is 2. The quantitative estimate of drug-likeness (QED) is 0.810. The molecule has 0 radical (unpaired) electrons. The lowest BCUT2D eigenvalue weighted by Gasteiger charge is -2.26. The van der Waals surface area contributed by atoms with Gasteiger partial charge in [-0.3, -0.25) is 0 Å². The molecule has 0 fully saturated rings. The third kappa shape index (κ3) is 2.21. The van der Waals surface area contributed by atoms with Gasteiger partial charge in [-0.2, -0.15) is 0 Å². The van der Waals surface area contributed by atoms with Gasteiger partial charge < -0.3 is 10.5 Å². The lowest BCUT2D eigenvalue weighted by atomic mass is 9.96. The van der Waals surface area contributed by atoms with Crippen molar-refractivity contribution in [3.05, 3.63) is 34.9 Å². The molecule has 13 heavy (non-hydrogen) atoms. The number of methoxy groups -OCH3 is 1. The Kier molecular flexibility index (Phi) is 3.31. The maximum absolute atomic E-state index is 5.87. The highest BCUT2D eigenvalue weighted by Crippen LogP contribution is 2.25. The predicted molar refractivity (Wildman–Crippen MR) is 54.9 cm³/mol. The summed E-state index contributed by atoms with van der Waals surface area (Å²) >= 11 is 5.87. The normalized spacial score (nSPS) is 15.4. The van der Waals surface area contributed by atoms with Crippen LogP contribution in [0.4, 0.5) is 0 Å². The molecule has 1 unspecified atom stereocenters. The van der Waals surface area contributed by atoms with Crippen molar-refractivity contribution in [3.63, 3.8) is 0 Å². The maximum atomic E-state index is 5.87. The van der Waals surface area contributed by atoms with E-state index in [9.17, 15) is 0 Å². The molecule has 1 rings (SSSR count). The number of benzene rings is 1. The molecule has 3 heteroatoms. The molecule has 2 N–H and O–H groups in total. The highest BCUT2D eigenvalue weighted by atomic mass is 35.5. The van der Waals surface area contributed by atoms with E-state index in [0.29, 0.717) is 11.6 Å². The Morgan fingerprint density at radius 1 is 1.54 bits per heavy atom. The van der Waals surface area contributed by atoms with Crippen LogP contribution in [0.5, 0.6) is 0 Å². The Bertz CT molecular complexity index is 284. The first-order valence-corrected chi connectivity index (χ1v) is 4.51. The molecule has 0 aliphatic rings. The summed E-state index contributed by atoms with van der Waals surface area (Å²) in [7, 11) is 1.65.